The van der Waals surface area contributed by atoms with Gasteiger partial charge in [0.15, 0.2) is 0 Å². The Morgan fingerprint density at radius 3 is 2.90 bits per heavy atom. The lowest BCUT2D eigenvalue weighted by Crippen LogP contribution is -2.22. The molecular weight excluding hydrogens is 323 g/mol. The molecule has 2 rings (SSSR count). The number of benzene rings is 1. The Morgan fingerprint density at radius 2 is 2.20 bits per heavy atom. The summed E-state index contributed by atoms with van der Waals surface area (Å²) in [7, 11) is 0. The maximum absolute atomic E-state index is 13.1. The third-order valence-electron chi connectivity index (χ3n) is 2.87. The van der Waals surface area contributed by atoms with Crippen molar-refractivity contribution >= 4 is 15.9 Å². The second-order valence-corrected chi connectivity index (χ2v) is 5.95. The number of rotatable bonds is 6. The Kier molecular flexibility index (Phi) is 5.25. The summed E-state index contributed by atoms with van der Waals surface area (Å²) in [5, 5.41) is 7.57. The molecule has 0 radical (unpaired) electrons. The maximum atomic E-state index is 13.1. The number of halogens is 2. The normalized spacial score (nSPS) is 11.2. The van der Waals surface area contributed by atoms with Crippen molar-refractivity contribution in [2.45, 2.75) is 26.9 Å². The zero-order chi connectivity index (χ0) is 14.5. The van der Waals surface area contributed by atoms with Crippen molar-refractivity contribution in [1.82, 2.24) is 20.1 Å². The molecule has 1 aromatic heterocycles. The van der Waals surface area contributed by atoms with Crippen molar-refractivity contribution in [2.75, 3.05) is 6.54 Å². The van der Waals surface area contributed by atoms with Gasteiger partial charge in [0.05, 0.1) is 13.1 Å². The first-order valence-corrected chi connectivity index (χ1v) is 7.37. The first-order chi connectivity index (χ1) is 9.56. The van der Waals surface area contributed by atoms with Crippen molar-refractivity contribution < 1.29 is 4.39 Å². The molecule has 108 valence electrons. The molecule has 1 heterocycles. The van der Waals surface area contributed by atoms with Crippen LogP contribution in [0.2, 0.25) is 0 Å². The molecule has 0 saturated heterocycles. The lowest BCUT2D eigenvalue weighted by molar-refractivity contribution is 0.523. The van der Waals surface area contributed by atoms with Crippen LogP contribution in [0.5, 0.6) is 0 Å². The Hall–Kier alpha value is -1.27. The molecule has 0 aliphatic rings. The quantitative estimate of drug-likeness (QED) is 0.878. The van der Waals surface area contributed by atoms with Crippen LogP contribution in [0.15, 0.2) is 29.0 Å². The van der Waals surface area contributed by atoms with E-state index in [4.69, 9.17) is 0 Å². The first kappa shape index (κ1) is 15.1. The van der Waals surface area contributed by atoms with Gasteiger partial charge in [0, 0.05) is 4.47 Å². The monoisotopic (exact) mass is 340 g/mol. The Labute approximate surface area is 126 Å². The Morgan fingerprint density at radius 1 is 1.40 bits per heavy atom. The van der Waals surface area contributed by atoms with Crippen LogP contribution >= 0.6 is 15.9 Å². The summed E-state index contributed by atoms with van der Waals surface area (Å²) in [4.78, 5) is 4.26. The van der Waals surface area contributed by atoms with Gasteiger partial charge in [-0.1, -0.05) is 35.8 Å². The summed E-state index contributed by atoms with van der Waals surface area (Å²) in [6, 6.07) is 4.67. The van der Waals surface area contributed by atoms with Crippen LogP contribution in [0.3, 0.4) is 0 Å². The highest BCUT2D eigenvalue weighted by molar-refractivity contribution is 9.10. The third kappa shape index (κ3) is 4.11. The fourth-order valence-electron chi connectivity index (χ4n) is 1.84. The van der Waals surface area contributed by atoms with Crippen molar-refractivity contribution in [3.8, 4) is 0 Å². The minimum Gasteiger partial charge on any atom is -0.310 e. The van der Waals surface area contributed by atoms with E-state index < -0.39 is 0 Å². The second-order valence-electron chi connectivity index (χ2n) is 5.09. The van der Waals surface area contributed by atoms with Gasteiger partial charge >= 0.3 is 0 Å². The molecule has 0 aliphatic heterocycles. The fraction of sp³-hybridized carbons (Fsp3) is 0.429. The van der Waals surface area contributed by atoms with Gasteiger partial charge in [-0.05, 0) is 30.2 Å². The molecule has 0 aliphatic carbocycles. The zero-order valence-electron chi connectivity index (χ0n) is 11.6. The number of hydrogen-bond acceptors (Lipinski definition) is 3. The lowest BCUT2D eigenvalue weighted by Gasteiger charge is -2.10. The number of nitrogens with one attached hydrogen (secondary N) is 1. The van der Waals surface area contributed by atoms with Crippen LogP contribution in [0.4, 0.5) is 4.39 Å². The van der Waals surface area contributed by atoms with E-state index in [9.17, 15) is 4.39 Å². The van der Waals surface area contributed by atoms with Crippen molar-refractivity contribution in [3.05, 3.63) is 46.2 Å². The number of aromatic nitrogens is 3. The van der Waals surface area contributed by atoms with Crippen LogP contribution < -0.4 is 5.32 Å². The standard InChI is InChI=1S/C14H18BrFN4/c1-10(2)6-17-7-14-18-9-19-20(14)8-11-3-4-12(16)5-13(11)15/h3-5,9-10,17H,6-8H2,1-2H3. The van der Waals surface area contributed by atoms with E-state index in [1.165, 1.54) is 12.1 Å². The Bertz CT molecular complexity index is 568. The van der Waals surface area contributed by atoms with E-state index in [-0.39, 0.29) is 5.82 Å². The first-order valence-electron chi connectivity index (χ1n) is 6.57. The average Bonchev–Trinajstić information content (AvgIpc) is 2.80. The summed E-state index contributed by atoms with van der Waals surface area (Å²) < 4.78 is 15.6. The molecule has 0 spiro atoms. The predicted octanol–water partition coefficient (Wildman–Crippen LogP) is 2.97. The summed E-state index contributed by atoms with van der Waals surface area (Å²) >= 11 is 3.37. The SMILES string of the molecule is CC(C)CNCc1ncnn1Cc1ccc(F)cc1Br. The van der Waals surface area contributed by atoms with Gasteiger partial charge in [-0.2, -0.15) is 5.10 Å². The molecule has 0 saturated carbocycles. The topological polar surface area (TPSA) is 42.7 Å². The molecule has 2 aromatic rings. The molecule has 4 nitrogen and oxygen atoms in total. The van der Waals surface area contributed by atoms with E-state index in [0.717, 1.165) is 22.4 Å². The van der Waals surface area contributed by atoms with Crippen molar-refractivity contribution in [3.63, 3.8) is 0 Å². The molecule has 0 unspecified atom stereocenters. The molecule has 0 bridgehead atoms. The minimum atomic E-state index is -0.252. The fourth-order valence-corrected chi connectivity index (χ4v) is 2.32. The highest BCUT2D eigenvalue weighted by Crippen LogP contribution is 2.19. The summed E-state index contributed by atoms with van der Waals surface area (Å²) in [5.41, 5.74) is 0.974. The minimum absolute atomic E-state index is 0.252. The molecule has 0 fully saturated rings. The number of nitrogens with zero attached hydrogens (tertiary/aromatic N) is 3. The zero-order valence-corrected chi connectivity index (χ0v) is 13.2. The highest BCUT2D eigenvalue weighted by atomic mass is 79.9. The van der Waals surface area contributed by atoms with E-state index in [0.29, 0.717) is 19.0 Å². The summed E-state index contributed by atoms with van der Waals surface area (Å²) in [5.74, 6) is 1.22. The largest absolute Gasteiger partial charge is 0.310 e. The maximum Gasteiger partial charge on any atom is 0.141 e. The van der Waals surface area contributed by atoms with Gasteiger partial charge in [-0.25, -0.2) is 14.1 Å². The molecule has 1 aromatic carbocycles. The molecule has 6 heteroatoms. The van der Waals surface area contributed by atoms with Crippen LogP contribution in [-0.4, -0.2) is 21.3 Å². The smallest absolute Gasteiger partial charge is 0.141 e. The van der Waals surface area contributed by atoms with Gasteiger partial charge in [0.1, 0.15) is 18.0 Å². The van der Waals surface area contributed by atoms with Gasteiger partial charge in [0.25, 0.3) is 0 Å². The molecular formula is C14H18BrFN4. The predicted molar refractivity (Wildman–Crippen MR) is 79.8 cm³/mol. The van der Waals surface area contributed by atoms with E-state index in [2.05, 4.69) is 45.2 Å². The Balaban J connectivity index is 2.04. The summed E-state index contributed by atoms with van der Waals surface area (Å²) in [6.45, 7) is 6.50. The molecule has 20 heavy (non-hydrogen) atoms. The summed E-state index contributed by atoms with van der Waals surface area (Å²) in [6.07, 6.45) is 1.55. The van der Waals surface area contributed by atoms with Gasteiger partial charge in [-0.15, -0.1) is 0 Å². The molecule has 1 N–H and O–H groups in total. The molecule has 0 amide bonds. The third-order valence-corrected chi connectivity index (χ3v) is 3.60. The van der Waals surface area contributed by atoms with E-state index in [1.54, 1.807) is 12.4 Å². The van der Waals surface area contributed by atoms with Crippen LogP contribution in [0, 0.1) is 11.7 Å². The van der Waals surface area contributed by atoms with Crippen molar-refractivity contribution in [1.29, 1.82) is 0 Å². The second kappa shape index (κ2) is 6.95. The van der Waals surface area contributed by atoms with Crippen LogP contribution in [0.25, 0.3) is 0 Å². The van der Waals surface area contributed by atoms with E-state index in [1.807, 2.05) is 4.68 Å². The lowest BCUT2D eigenvalue weighted by atomic mass is 10.2. The van der Waals surface area contributed by atoms with Crippen LogP contribution in [0.1, 0.15) is 25.2 Å². The van der Waals surface area contributed by atoms with Gasteiger partial charge < -0.3 is 5.32 Å². The average molecular weight is 341 g/mol. The van der Waals surface area contributed by atoms with Crippen LogP contribution in [-0.2, 0) is 13.1 Å². The number of hydrogen-bond donors (Lipinski definition) is 1. The van der Waals surface area contributed by atoms with Gasteiger partial charge in [0.2, 0.25) is 0 Å². The van der Waals surface area contributed by atoms with Gasteiger partial charge in [-0.3, -0.25) is 0 Å². The van der Waals surface area contributed by atoms with E-state index >= 15 is 0 Å². The van der Waals surface area contributed by atoms with Crippen molar-refractivity contribution in [2.24, 2.45) is 5.92 Å². The molecule has 0 atom stereocenters. The highest BCUT2D eigenvalue weighted by Gasteiger charge is 2.08.